The number of halogens is 1. The quantitative estimate of drug-likeness (QED) is 0.663. The number of hydrogen-bond acceptors (Lipinski definition) is 4. The molecular weight excluding hydrogens is 411 g/mol. The first-order valence-corrected chi connectivity index (χ1v) is 10.9. The van der Waals surface area contributed by atoms with Crippen LogP contribution in [-0.4, -0.2) is 59.4 Å². The molecule has 1 aromatic carbocycles. The molecule has 3 N–H and O–H groups in total. The SMILES string of the molecule is N=C(Cc1ccc(F)c(C(=O)N2CCN(C(=O)C3CC3)CC2)c1)C1C=CC=CC1C(N)=O. The Labute approximate surface area is 186 Å². The third-order valence-electron chi connectivity index (χ3n) is 6.33. The first-order valence-electron chi connectivity index (χ1n) is 10.9. The number of hydrogen-bond donors (Lipinski definition) is 2. The molecular formula is C24H27FN4O3. The second-order valence-electron chi connectivity index (χ2n) is 8.63. The van der Waals surface area contributed by atoms with Crippen molar-refractivity contribution < 1.29 is 18.8 Å². The molecule has 2 fully saturated rings. The lowest BCUT2D eigenvalue weighted by Gasteiger charge is -2.35. The molecule has 3 amide bonds. The molecule has 2 aliphatic carbocycles. The molecule has 1 aromatic rings. The second-order valence-corrected chi connectivity index (χ2v) is 8.63. The number of nitrogens with one attached hydrogen (secondary N) is 1. The molecule has 0 bridgehead atoms. The van der Waals surface area contributed by atoms with Crippen LogP contribution < -0.4 is 5.73 Å². The van der Waals surface area contributed by atoms with Crippen molar-refractivity contribution in [1.82, 2.24) is 9.80 Å². The molecule has 32 heavy (non-hydrogen) atoms. The van der Waals surface area contributed by atoms with Crippen molar-refractivity contribution in [3.8, 4) is 0 Å². The summed E-state index contributed by atoms with van der Waals surface area (Å²) in [6.07, 6.45) is 9.00. The lowest BCUT2D eigenvalue weighted by molar-refractivity contribution is -0.134. The molecule has 1 saturated carbocycles. The van der Waals surface area contributed by atoms with Crippen molar-refractivity contribution in [3.63, 3.8) is 0 Å². The number of nitrogens with two attached hydrogens (primary N) is 1. The van der Waals surface area contributed by atoms with Gasteiger partial charge in [-0.1, -0.05) is 30.4 Å². The molecule has 0 radical (unpaired) electrons. The molecule has 0 spiro atoms. The lowest BCUT2D eigenvalue weighted by Crippen LogP contribution is -2.51. The highest BCUT2D eigenvalue weighted by molar-refractivity contribution is 5.96. The van der Waals surface area contributed by atoms with Gasteiger partial charge in [-0.2, -0.15) is 0 Å². The minimum Gasteiger partial charge on any atom is -0.369 e. The van der Waals surface area contributed by atoms with Gasteiger partial charge in [-0.05, 0) is 30.5 Å². The summed E-state index contributed by atoms with van der Waals surface area (Å²) >= 11 is 0. The summed E-state index contributed by atoms with van der Waals surface area (Å²) < 4.78 is 14.5. The summed E-state index contributed by atoms with van der Waals surface area (Å²) in [6, 6.07) is 4.27. The number of rotatable bonds is 6. The molecule has 3 aliphatic rings. The van der Waals surface area contributed by atoms with Crippen LogP contribution in [0.4, 0.5) is 4.39 Å². The normalized spacial score (nSPS) is 22.7. The highest BCUT2D eigenvalue weighted by Crippen LogP contribution is 2.31. The number of amides is 3. The largest absolute Gasteiger partial charge is 0.369 e. The maximum absolute atomic E-state index is 14.5. The number of benzene rings is 1. The van der Waals surface area contributed by atoms with E-state index in [0.29, 0.717) is 31.7 Å². The van der Waals surface area contributed by atoms with Crippen LogP contribution in [0.3, 0.4) is 0 Å². The van der Waals surface area contributed by atoms with Crippen LogP contribution in [0.25, 0.3) is 0 Å². The summed E-state index contributed by atoms with van der Waals surface area (Å²) in [5.41, 5.74) is 6.31. The number of allylic oxidation sites excluding steroid dienone is 3. The van der Waals surface area contributed by atoms with Gasteiger partial charge in [-0.25, -0.2) is 4.39 Å². The molecule has 8 heteroatoms. The summed E-state index contributed by atoms with van der Waals surface area (Å²) in [5.74, 6) is -2.28. The van der Waals surface area contributed by atoms with Gasteiger partial charge in [0.2, 0.25) is 11.8 Å². The number of carbonyl (C=O) groups is 3. The van der Waals surface area contributed by atoms with E-state index in [1.54, 1.807) is 40.2 Å². The fourth-order valence-corrected chi connectivity index (χ4v) is 4.28. The minimum absolute atomic E-state index is 0.0391. The zero-order chi connectivity index (χ0) is 22.8. The molecule has 0 aromatic heterocycles. The molecule has 2 atom stereocenters. The molecule has 2 unspecified atom stereocenters. The highest BCUT2D eigenvalue weighted by atomic mass is 19.1. The van der Waals surface area contributed by atoms with Crippen LogP contribution in [0, 0.1) is 29.0 Å². The number of primary amides is 1. The van der Waals surface area contributed by atoms with Crippen molar-refractivity contribution in [2.24, 2.45) is 23.5 Å². The molecule has 4 rings (SSSR count). The van der Waals surface area contributed by atoms with E-state index in [9.17, 15) is 18.8 Å². The molecule has 1 aliphatic heterocycles. The number of carbonyl (C=O) groups excluding carboxylic acids is 3. The van der Waals surface area contributed by atoms with Crippen LogP contribution in [-0.2, 0) is 16.0 Å². The highest BCUT2D eigenvalue weighted by Gasteiger charge is 2.35. The first-order chi connectivity index (χ1) is 15.3. The summed E-state index contributed by atoms with van der Waals surface area (Å²) in [6.45, 7) is 1.67. The minimum atomic E-state index is -0.614. The van der Waals surface area contributed by atoms with Crippen molar-refractivity contribution in [2.45, 2.75) is 19.3 Å². The van der Waals surface area contributed by atoms with Gasteiger partial charge in [-0.3, -0.25) is 14.4 Å². The Balaban J connectivity index is 1.42. The Morgan fingerprint density at radius 1 is 1.00 bits per heavy atom. The van der Waals surface area contributed by atoms with E-state index in [2.05, 4.69) is 0 Å². The maximum Gasteiger partial charge on any atom is 0.256 e. The van der Waals surface area contributed by atoms with Crippen LogP contribution >= 0.6 is 0 Å². The Kier molecular flexibility index (Phi) is 6.21. The van der Waals surface area contributed by atoms with E-state index in [1.165, 1.54) is 12.1 Å². The molecule has 1 saturated heterocycles. The zero-order valence-electron chi connectivity index (χ0n) is 17.8. The number of nitrogens with zero attached hydrogens (tertiary/aromatic N) is 2. The summed E-state index contributed by atoms with van der Waals surface area (Å²) in [7, 11) is 0. The van der Waals surface area contributed by atoms with Crippen molar-refractivity contribution in [1.29, 1.82) is 5.41 Å². The van der Waals surface area contributed by atoms with Crippen LogP contribution in [0.2, 0.25) is 0 Å². The Bertz CT molecular complexity index is 1010. The first kappa shape index (κ1) is 21.9. The average Bonchev–Trinajstić information content (AvgIpc) is 3.65. The molecule has 168 valence electrons. The van der Waals surface area contributed by atoms with E-state index >= 15 is 0 Å². The van der Waals surface area contributed by atoms with Crippen LogP contribution in [0.15, 0.2) is 42.5 Å². The summed E-state index contributed by atoms with van der Waals surface area (Å²) in [4.78, 5) is 40.2. The second kappa shape index (κ2) is 9.06. The smallest absolute Gasteiger partial charge is 0.256 e. The summed E-state index contributed by atoms with van der Waals surface area (Å²) in [5, 5.41) is 8.45. The van der Waals surface area contributed by atoms with E-state index in [-0.39, 0.29) is 29.5 Å². The van der Waals surface area contributed by atoms with Gasteiger partial charge in [0.15, 0.2) is 0 Å². The van der Waals surface area contributed by atoms with Crippen LogP contribution in [0.5, 0.6) is 0 Å². The van der Waals surface area contributed by atoms with Gasteiger partial charge in [0, 0.05) is 50.1 Å². The topological polar surface area (TPSA) is 108 Å². The zero-order valence-corrected chi connectivity index (χ0v) is 17.8. The predicted molar refractivity (Wildman–Crippen MR) is 117 cm³/mol. The Morgan fingerprint density at radius 2 is 1.62 bits per heavy atom. The standard InChI is InChI=1S/C24H27FN4O3/c25-20-8-5-15(14-21(26)17-3-1-2-4-18(17)22(27)30)13-19(20)24(32)29-11-9-28(10-12-29)23(31)16-6-7-16/h1-5,8,13,16-18,26H,6-7,9-12,14H2,(H2,27,30). The van der Waals surface area contributed by atoms with Crippen molar-refractivity contribution in [3.05, 3.63) is 59.4 Å². The number of piperazine rings is 1. The van der Waals surface area contributed by atoms with Crippen LogP contribution in [0.1, 0.15) is 28.8 Å². The Morgan fingerprint density at radius 3 is 2.25 bits per heavy atom. The van der Waals surface area contributed by atoms with Gasteiger partial charge in [-0.15, -0.1) is 0 Å². The fourth-order valence-electron chi connectivity index (χ4n) is 4.28. The third-order valence-corrected chi connectivity index (χ3v) is 6.33. The maximum atomic E-state index is 14.5. The van der Waals surface area contributed by atoms with E-state index in [1.807, 2.05) is 0 Å². The van der Waals surface area contributed by atoms with Crippen molar-refractivity contribution >= 4 is 23.4 Å². The average molecular weight is 439 g/mol. The monoisotopic (exact) mass is 438 g/mol. The van der Waals surface area contributed by atoms with Gasteiger partial charge in [0.25, 0.3) is 5.91 Å². The van der Waals surface area contributed by atoms with Gasteiger partial charge < -0.3 is 20.9 Å². The molecule has 1 heterocycles. The van der Waals surface area contributed by atoms with Gasteiger partial charge in [0.05, 0.1) is 11.5 Å². The predicted octanol–water partition coefficient (Wildman–Crippen LogP) is 1.93. The molecule has 7 nitrogen and oxygen atoms in total. The Hall–Kier alpha value is -3.29. The fraction of sp³-hybridized carbons (Fsp3) is 0.417. The van der Waals surface area contributed by atoms with Gasteiger partial charge >= 0.3 is 0 Å². The van der Waals surface area contributed by atoms with E-state index in [4.69, 9.17) is 11.1 Å². The van der Waals surface area contributed by atoms with Gasteiger partial charge in [0.1, 0.15) is 5.82 Å². The van der Waals surface area contributed by atoms with Crippen molar-refractivity contribution in [2.75, 3.05) is 26.2 Å². The van der Waals surface area contributed by atoms with E-state index < -0.39 is 29.5 Å². The third kappa shape index (κ3) is 4.64. The lowest BCUT2D eigenvalue weighted by atomic mass is 9.82. The van der Waals surface area contributed by atoms with E-state index in [0.717, 1.165) is 12.8 Å².